The lowest BCUT2D eigenvalue weighted by atomic mass is 10.3. The molecule has 0 spiro atoms. The summed E-state index contributed by atoms with van der Waals surface area (Å²) in [7, 11) is -7.45. The monoisotopic (exact) mass is 371 g/mol. The number of hydrogen-bond donors (Lipinski definition) is 2. The topological polar surface area (TPSA) is 109 Å². The molecule has 0 amide bonds. The Morgan fingerprint density at radius 2 is 1.75 bits per heavy atom. The molecule has 0 aliphatic heterocycles. The number of hydrogen-bond acceptors (Lipinski definition) is 5. The third kappa shape index (κ3) is 5.58. The van der Waals surface area contributed by atoms with Crippen molar-refractivity contribution in [3.8, 4) is 0 Å². The first-order valence-electron chi connectivity index (χ1n) is 6.88. The molecule has 0 aliphatic rings. The van der Waals surface area contributed by atoms with Crippen LogP contribution in [0.25, 0.3) is 9.69 Å². The first kappa shape index (κ1) is 20.1. The summed E-state index contributed by atoms with van der Waals surface area (Å²) in [6.07, 6.45) is -0.131. The van der Waals surface area contributed by atoms with Gasteiger partial charge < -0.3 is 5.11 Å². The minimum Gasteiger partial charge on any atom is -0.395 e. The number of nitrogens with zero attached hydrogens (tertiary/aromatic N) is 2. The van der Waals surface area contributed by atoms with Crippen LogP contribution in [0.15, 0.2) is 23.1 Å². The van der Waals surface area contributed by atoms with Crippen LogP contribution >= 0.6 is 0 Å². The SMILES string of the molecule is [C-]#[N+]c1ccc(S(=O)(=O)CCCS(=O)(=O)NC(C)CO)cc1[N+]#[C-]. The standard InChI is InChI=1S/C14H17N3O5S2/c1-11(10-18)17-24(21,22)8-4-7-23(19,20)12-5-6-13(15-2)14(9-12)16-3/h5-6,9,11,17-18H,4,7-8,10H2,1H3. The summed E-state index contributed by atoms with van der Waals surface area (Å²) in [5, 5.41) is 8.83. The van der Waals surface area contributed by atoms with E-state index in [-0.39, 0.29) is 29.3 Å². The Labute approximate surface area is 141 Å². The van der Waals surface area contributed by atoms with Crippen molar-refractivity contribution in [2.45, 2.75) is 24.3 Å². The first-order chi connectivity index (χ1) is 11.1. The number of benzene rings is 1. The minimum atomic E-state index is -3.76. The Morgan fingerprint density at radius 3 is 2.29 bits per heavy atom. The maximum Gasteiger partial charge on any atom is 0.211 e. The van der Waals surface area contributed by atoms with Crippen molar-refractivity contribution in [2.24, 2.45) is 0 Å². The molecule has 1 unspecified atom stereocenters. The number of sulfone groups is 1. The van der Waals surface area contributed by atoms with Crippen molar-refractivity contribution >= 4 is 31.2 Å². The molecule has 2 N–H and O–H groups in total. The Hall–Kier alpha value is -1.98. The molecule has 0 saturated carbocycles. The maximum atomic E-state index is 12.2. The molecule has 1 atom stereocenters. The average molecular weight is 371 g/mol. The van der Waals surface area contributed by atoms with Crippen LogP contribution in [0.5, 0.6) is 0 Å². The molecule has 0 saturated heterocycles. The van der Waals surface area contributed by atoms with Gasteiger partial charge in [-0.05, 0) is 19.4 Å². The van der Waals surface area contributed by atoms with Crippen molar-refractivity contribution < 1.29 is 21.9 Å². The zero-order valence-corrected chi connectivity index (χ0v) is 14.6. The van der Waals surface area contributed by atoms with Crippen LogP contribution in [0, 0.1) is 13.1 Å². The summed E-state index contributed by atoms with van der Waals surface area (Å²) >= 11 is 0. The van der Waals surface area contributed by atoms with Gasteiger partial charge in [0.05, 0.1) is 36.2 Å². The smallest absolute Gasteiger partial charge is 0.211 e. The van der Waals surface area contributed by atoms with Crippen LogP contribution in [-0.2, 0) is 19.9 Å². The molecule has 10 heteroatoms. The van der Waals surface area contributed by atoms with E-state index >= 15 is 0 Å². The number of rotatable bonds is 8. The zero-order chi connectivity index (χ0) is 18.4. The van der Waals surface area contributed by atoms with Gasteiger partial charge in [-0.1, -0.05) is 12.1 Å². The molecule has 0 fully saturated rings. The van der Waals surface area contributed by atoms with Gasteiger partial charge in [0, 0.05) is 6.04 Å². The summed E-state index contributed by atoms with van der Waals surface area (Å²) in [5.74, 6) is -0.803. The van der Waals surface area contributed by atoms with Crippen molar-refractivity contribution in [1.82, 2.24) is 4.72 Å². The third-order valence-electron chi connectivity index (χ3n) is 3.03. The number of sulfonamides is 1. The Morgan fingerprint density at radius 1 is 1.12 bits per heavy atom. The van der Waals surface area contributed by atoms with E-state index in [9.17, 15) is 16.8 Å². The highest BCUT2D eigenvalue weighted by Gasteiger charge is 2.19. The molecule has 0 radical (unpaired) electrons. The highest BCUT2D eigenvalue weighted by Crippen LogP contribution is 2.31. The lowest BCUT2D eigenvalue weighted by molar-refractivity contribution is 0.265. The third-order valence-corrected chi connectivity index (χ3v) is 6.41. The fourth-order valence-corrected chi connectivity index (χ4v) is 4.68. The molecular formula is C14H17N3O5S2. The predicted octanol–water partition coefficient (Wildman–Crippen LogP) is 1.25. The Kier molecular flexibility index (Phi) is 6.87. The van der Waals surface area contributed by atoms with E-state index in [1.165, 1.54) is 19.1 Å². The highest BCUT2D eigenvalue weighted by atomic mass is 32.2. The van der Waals surface area contributed by atoms with Gasteiger partial charge in [-0.2, -0.15) is 0 Å². The van der Waals surface area contributed by atoms with Crippen LogP contribution in [-0.4, -0.2) is 46.1 Å². The lowest BCUT2D eigenvalue weighted by Crippen LogP contribution is -2.36. The van der Waals surface area contributed by atoms with Crippen LogP contribution in [0.4, 0.5) is 11.4 Å². The van der Waals surface area contributed by atoms with Gasteiger partial charge in [-0.3, -0.25) is 9.69 Å². The Bertz CT molecular complexity index is 880. The van der Waals surface area contributed by atoms with E-state index < -0.39 is 37.4 Å². The van der Waals surface area contributed by atoms with E-state index in [1.807, 2.05) is 0 Å². The van der Waals surface area contributed by atoms with Gasteiger partial charge in [0.25, 0.3) is 0 Å². The van der Waals surface area contributed by atoms with Gasteiger partial charge >= 0.3 is 0 Å². The fraction of sp³-hybridized carbons (Fsp3) is 0.429. The number of aliphatic hydroxyl groups excluding tert-OH is 1. The van der Waals surface area contributed by atoms with E-state index in [0.717, 1.165) is 6.07 Å². The maximum absolute atomic E-state index is 12.2. The molecule has 0 aliphatic carbocycles. The zero-order valence-electron chi connectivity index (χ0n) is 12.9. The van der Waals surface area contributed by atoms with Crippen LogP contribution in [0.1, 0.15) is 13.3 Å². The molecule has 0 heterocycles. The quantitative estimate of drug-likeness (QED) is 0.669. The van der Waals surface area contributed by atoms with E-state index in [2.05, 4.69) is 14.4 Å². The minimum absolute atomic E-state index is 0.0582. The molecule has 130 valence electrons. The van der Waals surface area contributed by atoms with Gasteiger partial charge in [0.1, 0.15) is 0 Å². The van der Waals surface area contributed by atoms with Crippen molar-refractivity contribution in [3.05, 3.63) is 41.0 Å². The largest absolute Gasteiger partial charge is 0.395 e. The van der Waals surface area contributed by atoms with Crippen molar-refractivity contribution in [1.29, 1.82) is 0 Å². The summed E-state index contributed by atoms with van der Waals surface area (Å²) in [5.41, 5.74) is 0.00542. The molecule has 1 aromatic carbocycles. The van der Waals surface area contributed by atoms with Crippen molar-refractivity contribution in [2.75, 3.05) is 18.1 Å². The fourth-order valence-electron chi connectivity index (χ4n) is 1.84. The van der Waals surface area contributed by atoms with Gasteiger partial charge in [0.15, 0.2) is 21.2 Å². The van der Waals surface area contributed by atoms with E-state index in [1.54, 1.807) is 0 Å². The van der Waals surface area contributed by atoms with Gasteiger partial charge in [-0.15, -0.1) is 0 Å². The summed E-state index contributed by atoms with van der Waals surface area (Å²) in [6, 6.07) is 2.97. The second-order valence-corrected chi connectivity index (χ2v) is 9.05. The van der Waals surface area contributed by atoms with E-state index in [4.69, 9.17) is 18.3 Å². The van der Waals surface area contributed by atoms with Crippen LogP contribution < -0.4 is 4.72 Å². The molecule has 1 aromatic rings. The Balaban J connectivity index is 2.82. The summed E-state index contributed by atoms with van der Waals surface area (Å²) in [6.45, 7) is 15.0. The molecule has 0 bridgehead atoms. The van der Waals surface area contributed by atoms with Crippen LogP contribution in [0.2, 0.25) is 0 Å². The van der Waals surface area contributed by atoms with Crippen molar-refractivity contribution in [3.63, 3.8) is 0 Å². The molecular weight excluding hydrogens is 354 g/mol. The number of nitrogens with one attached hydrogen (secondary N) is 1. The normalized spacial score (nSPS) is 13.0. The predicted molar refractivity (Wildman–Crippen MR) is 89.1 cm³/mol. The molecule has 24 heavy (non-hydrogen) atoms. The van der Waals surface area contributed by atoms with Gasteiger partial charge in [0.2, 0.25) is 10.0 Å². The highest BCUT2D eigenvalue weighted by molar-refractivity contribution is 7.91. The summed E-state index contributed by atoms with van der Waals surface area (Å²) in [4.78, 5) is 6.13. The van der Waals surface area contributed by atoms with Gasteiger partial charge in [-0.25, -0.2) is 21.6 Å². The average Bonchev–Trinajstić information content (AvgIpc) is 2.53. The first-order valence-corrected chi connectivity index (χ1v) is 10.2. The summed E-state index contributed by atoms with van der Waals surface area (Å²) < 4.78 is 50.1. The van der Waals surface area contributed by atoms with E-state index in [0.29, 0.717) is 0 Å². The second kappa shape index (κ2) is 8.22. The number of aliphatic hydroxyl groups is 1. The van der Waals surface area contributed by atoms with Crippen LogP contribution in [0.3, 0.4) is 0 Å². The molecule has 8 nitrogen and oxygen atoms in total. The lowest BCUT2D eigenvalue weighted by Gasteiger charge is -2.11. The molecule has 0 aromatic heterocycles. The molecule has 1 rings (SSSR count). The second-order valence-electron chi connectivity index (χ2n) is 5.07.